The van der Waals surface area contributed by atoms with Gasteiger partial charge in [-0.05, 0) is 19.8 Å². The zero-order valence-corrected chi connectivity index (χ0v) is 12.6. The van der Waals surface area contributed by atoms with Crippen LogP contribution in [0.25, 0.3) is 0 Å². The molecule has 0 radical (unpaired) electrons. The van der Waals surface area contributed by atoms with Crippen molar-refractivity contribution in [1.82, 2.24) is 9.88 Å². The first-order valence-electron chi connectivity index (χ1n) is 6.75. The minimum atomic E-state index is -0.00640. The molecule has 1 aromatic rings. The van der Waals surface area contributed by atoms with E-state index in [-0.39, 0.29) is 17.4 Å². The molecule has 0 saturated heterocycles. The highest BCUT2D eigenvalue weighted by Crippen LogP contribution is 2.02. The molecule has 0 saturated carbocycles. The summed E-state index contributed by atoms with van der Waals surface area (Å²) >= 11 is 1.19. The first kappa shape index (κ1) is 16.9. The van der Waals surface area contributed by atoms with Gasteiger partial charge in [-0.25, -0.2) is 0 Å². The molecule has 0 aliphatic rings. The van der Waals surface area contributed by atoms with Gasteiger partial charge in [0.05, 0.1) is 13.2 Å². The average molecular weight is 302 g/mol. The van der Waals surface area contributed by atoms with Crippen molar-refractivity contribution in [3.8, 4) is 0 Å². The number of aliphatic hydroxyl groups excluding tert-OH is 1. The predicted molar refractivity (Wildman–Crippen MR) is 78.1 cm³/mol. The number of nitrogens with zero attached hydrogens (tertiary/aromatic N) is 1. The van der Waals surface area contributed by atoms with E-state index in [1.165, 1.54) is 11.3 Å². The summed E-state index contributed by atoms with van der Waals surface area (Å²) in [4.78, 5) is 23.0. The Morgan fingerprint density at radius 1 is 1.45 bits per heavy atom. The third kappa shape index (κ3) is 6.31. The maximum atomic E-state index is 11.6. The van der Waals surface area contributed by atoms with Gasteiger partial charge in [0.2, 0.25) is 5.91 Å². The molecule has 1 heterocycles. The van der Waals surface area contributed by atoms with Gasteiger partial charge in [0.1, 0.15) is 0 Å². The van der Waals surface area contributed by atoms with E-state index in [2.05, 4.69) is 5.32 Å². The Kier molecular flexibility index (Phi) is 8.17. The Balaban J connectivity index is 2.07. The highest BCUT2D eigenvalue weighted by Gasteiger charge is 2.04. The number of ether oxygens (including phenoxy) is 1. The van der Waals surface area contributed by atoms with Crippen LogP contribution < -0.4 is 10.2 Å². The molecule has 0 atom stereocenters. The van der Waals surface area contributed by atoms with Crippen molar-refractivity contribution >= 4 is 17.2 Å². The number of amides is 1. The van der Waals surface area contributed by atoms with Gasteiger partial charge in [0.15, 0.2) is 0 Å². The number of nitrogens with one attached hydrogen (secondary N) is 1. The van der Waals surface area contributed by atoms with Gasteiger partial charge in [-0.3, -0.25) is 9.59 Å². The molecule has 1 amide bonds. The number of hydrogen-bond acceptors (Lipinski definition) is 5. The Hall–Kier alpha value is -1.18. The molecule has 0 fully saturated rings. The molecule has 0 aliphatic carbocycles. The largest absolute Gasteiger partial charge is 0.394 e. The van der Waals surface area contributed by atoms with Crippen molar-refractivity contribution in [1.29, 1.82) is 0 Å². The van der Waals surface area contributed by atoms with Crippen LogP contribution in [0.4, 0.5) is 0 Å². The number of aliphatic hydroxyl groups is 1. The molecule has 0 spiro atoms. The van der Waals surface area contributed by atoms with Gasteiger partial charge >= 0.3 is 4.87 Å². The second-order valence-corrected chi connectivity index (χ2v) is 5.26. The average Bonchev–Trinajstić information content (AvgIpc) is 2.74. The molecule has 0 aliphatic heterocycles. The lowest BCUT2D eigenvalue weighted by atomic mass is 10.3. The van der Waals surface area contributed by atoms with E-state index in [1.807, 2.05) is 12.3 Å². The van der Waals surface area contributed by atoms with Crippen molar-refractivity contribution in [2.24, 2.45) is 0 Å². The van der Waals surface area contributed by atoms with E-state index >= 15 is 0 Å². The van der Waals surface area contributed by atoms with Crippen LogP contribution in [-0.4, -0.2) is 41.9 Å². The SMILES string of the molecule is Cc1csc(=O)n1CCCC(=O)NCCCOCCO. The maximum Gasteiger partial charge on any atom is 0.307 e. The molecular weight excluding hydrogens is 280 g/mol. The molecule has 6 nitrogen and oxygen atoms in total. The summed E-state index contributed by atoms with van der Waals surface area (Å²) in [6.45, 7) is 3.94. The summed E-state index contributed by atoms with van der Waals surface area (Å²) in [5.41, 5.74) is 0.946. The van der Waals surface area contributed by atoms with Crippen molar-refractivity contribution in [2.45, 2.75) is 32.7 Å². The second-order valence-electron chi connectivity index (χ2n) is 4.44. The Bertz CT molecular complexity index is 455. The summed E-state index contributed by atoms with van der Waals surface area (Å²) in [7, 11) is 0. The molecule has 20 heavy (non-hydrogen) atoms. The smallest absolute Gasteiger partial charge is 0.307 e. The lowest BCUT2D eigenvalue weighted by Crippen LogP contribution is -2.26. The minimum absolute atomic E-state index is 0.00640. The van der Waals surface area contributed by atoms with Gasteiger partial charge in [-0.2, -0.15) is 0 Å². The lowest BCUT2D eigenvalue weighted by molar-refractivity contribution is -0.121. The molecule has 0 unspecified atom stereocenters. The molecule has 1 aromatic heterocycles. The number of carbonyl (C=O) groups is 1. The van der Waals surface area contributed by atoms with Gasteiger partial charge < -0.3 is 19.7 Å². The topological polar surface area (TPSA) is 80.6 Å². The summed E-state index contributed by atoms with van der Waals surface area (Å²) in [5.74, 6) is -0.00640. The van der Waals surface area contributed by atoms with Gasteiger partial charge in [-0.1, -0.05) is 11.3 Å². The summed E-state index contributed by atoms with van der Waals surface area (Å²) in [6.07, 6.45) is 1.80. The number of hydrogen-bond donors (Lipinski definition) is 2. The predicted octanol–water partition coefficient (Wildman–Crippen LogP) is 0.514. The fraction of sp³-hybridized carbons (Fsp3) is 0.692. The highest BCUT2D eigenvalue weighted by molar-refractivity contribution is 7.07. The van der Waals surface area contributed by atoms with E-state index < -0.39 is 0 Å². The maximum absolute atomic E-state index is 11.6. The Labute approximate surface area is 122 Å². The van der Waals surface area contributed by atoms with Crippen molar-refractivity contribution in [3.05, 3.63) is 20.7 Å². The molecule has 0 aromatic carbocycles. The summed E-state index contributed by atoms with van der Waals surface area (Å²) in [5, 5.41) is 13.1. The van der Waals surface area contributed by atoms with Crippen LogP contribution in [0.2, 0.25) is 0 Å². The van der Waals surface area contributed by atoms with Crippen LogP contribution in [0.1, 0.15) is 25.0 Å². The third-order valence-electron chi connectivity index (χ3n) is 2.79. The molecule has 114 valence electrons. The number of thiazole rings is 1. The van der Waals surface area contributed by atoms with E-state index in [4.69, 9.17) is 9.84 Å². The van der Waals surface area contributed by atoms with Crippen LogP contribution in [-0.2, 0) is 16.1 Å². The molecule has 2 N–H and O–H groups in total. The normalized spacial score (nSPS) is 10.7. The van der Waals surface area contributed by atoms with Crippen molar-refractivity contribution in [3.63, 3.8) is 0 Å². The van der Waals surface area contributed by atoms with Gasteiger partial charge in [0, 0.05) is 37.2 Å². The number of carbonyl (C=O) groups excluding carboxylic acids is 1. The molecule has 7 heteroatoms. The van der Waals surface area contributed by atoms with Crippen LogP contribution in [0.15, 0.2) is 10.2 Å². The first-order chi connectivity index (χ1) is 9.65. The van der Waals surface area contributed by atoms with Gasteiger partial charge in [0.25, 0.3) is 0 Å². The standard InChI is InChI=1S/C13H22N2O4S/c1-11-10-20-13(18)15(11)6-2-4-12(17)14-5-3-8-19-9-7-16/h10,16H,2-9H2,1H3,(H,14,17). The second kappa shape index (κ2) is 9.68. The monoisotopic (exact) mass is 302 g/mol. The Morgan fingerprint density at radius 2 is 2.25 bits per heavy atom. The number of aromatic nitrogens is 1. The van der Waals surface area contributed by atoms with Crippen LogP contribution in [0.3, 0.4) is 0 Å². The number of aryl methyl sites for hydroxylation is 1. The first-order valence-corrected chi connectivity index (χ1v) is 7.63. The zero-order chi connectivity index (χ0) is 14.8. The lowest BCUT2D eigenvalue weighted by Gasteiger charge is -2.06. The molecular formula is C13H22N2O4S. The minimum Gasteiger partial charge on any atom is -0.394 e. The van der Waals surface area contributed by atoms with Crippen molar-refractivity contribution in [2.75, 3.05) is 26.4 Å². The van der Waals surface area contributed by atoms with E-state index in [9.17, 15) is 9.59 Å². The van der Waals surface area contributed by atoms with E-state index in [0.29, 0.717) is 39.1 Å². The molecule has 1 rings (SSSR count). The summed E-state index contributed by atoms with van der Waals surface area (Å²) in [6, 6.07) is 0. The van der Waals surface area contributed by atoms with E-state index in [0.717, 1.165) is 12.1 Å². The summed E-state index contributed by atoms with van der Waals surface area (Å²) < 4.78 is 6.78. The zero-order valence-electron chi connectivity index (χ0n) is 11.8. The molecule has 0 bridgehead atoms. The van der Waals surface area contributed by atoms with Crippen LogP contribution in [0, 0.1) is 6.92 Å². The number of rotatable bonds is 10. The van der Waals surface area contributed by atoms with Gasteiger partial charge in [-0.15, -0.1) is 0 Å². The van der Waals surface area contributed by atoms with Crippen LogP contribution in [0.5, 0.6) is 0 Å². The highest BCUT2D eigenvalue weighted by atomic mass is 32.1. The van der Waals surface area contributed by atoms with Crippen LogP contribution >= 0.6 is 11.3 Å². The van der Waals surface area contributed by atoms with E-state index in [1.54, 1.807) is 4.57 Å². The fourth-order valence-electron chi connectivity index (χ4n) is 1.73. The quantitative estimate of drug-likeness (QED) is 0.617. The third-order valence-corrected chi connectivity index (χ3v) is 3.67. The van der Waals surface area contributed by atoms with Crippen molar-refractivity contribution < 1.29 is 14.6 Å². The fourth-order valence-corrected chi connectivity index (χ4v) is 2.49. The Morgan fingerprint density at radius 3 is 2.90 bits per heavy atom.